The summed E-state index contributed by atoms with van der Waals surface area (Å²) in [5, 5.41) is 3.06. The second-order valence-electron chi connectivity index (χ2n) is 12.6. The molecule has 0 spiro atoms. The minimum atomic E-state index is -4.17. The minimum Gasteiger partial charge on any atom is -0.350 e. The van der Waals surface area contributed by atoms with Crippen molar-refractivity contribution in [1.82, 2.24) is 10.2 Å². The molecule has 46 heavy (non-hydrogen) atoms. The molecule has 2 amide bonds. The van der Waals surface area contributed by atoms with Crippen molar-refractivity contribution < 1.29 is 18.0 Å². The van der Waals surface area contributed by atoms with Gasteiger partial charge in [0.1, 0.15) is 12.6 Å². The first-order valence-electron chi connectivity index (χ1n) is 15.2. The van der Waals surface area contributed by atoms with Gasteiger partial charge in [-0.1, -0.05) is 88.2 Å². The first kappa shape index (κ1) is 34.9. The Morgan fingerprint density at radius 2 is 1.46 bits per heavy atom. The molecule has 0 aliphatic heterocycles. The Labute approximate surface area is 281 Å². The van der Waals surface area contributed by atoms with Crippen LogP contribution in [0.15, 0.2) is 106 Å². The summed E-state index contributed by atoms with van der Waals surface area (Å²) in [6.45, 7) is 10.9. The Bertz CT molecular complexity index is 1790. The lowest BCUT2D eigenvalue weighted by Crippen LogP contribution is -2.56. The Balaban J connectivity index is 1.85. The highest BCUT2D eigenvalue weighted by molar-refractivity contribution is 9.10. The fourth-order valence-corrected chi connectivity index (χ4v) is 7.11. The normalized spacial score (nSPS) is 12.3. The fourth-order valence-electron chi connectivity index (χ4n) is 5.20. The SMILES string of the molecule is Cc1ccc(S(=O)(=O)N(CC(=O)N(Cc2cccc(Br)c2)C(Cc2ccccc2)C(=O)NC(C)(C)C)c2cccc(C)c2C)cc1. The van der Waals surface area contributed by atoms with E-state index in [0.29, 0.717) is 5.69 Å². The molecule has 9 heteroatoms. The van der Waals surface area contributed by atoms with E-state index < -0.39 is 34.1 Å². The van der Waals surface area contributed by atoms with Crippen LogP contribution in [-0.2, 0) is 32.6 Å². The molecule has 4 rings (SSSR count). The quantitative estimate of drug-likeness (QED) is 0.180. The Kier molecular flexibility index (Phi) is 11.1. The van der Waals surface area contributed by atoms with E-state index in [-0.39, 0.29) is 23.8 Å². The molecular formula is C37H42BrN3O4S. The lowest BCUT2D eigenvalue weighted by molar-refractivity contribution is -0.140. The standard InChI is InChI=1S/C37H42BrN3O4S/c1-26-18-20-32(21-19-26)46(44,45)41(33-17-10-12-27(2)28(33)3)25-35(42)40(24-30-15-11-16-31(38)22-30)34(36(43)39-37(4,5)6)23-29-13-8-7-9-14-29/h7-22,34H,23-25H2,1-6H3,(H,39,43). The van der Waals surface area contributed by atoms with Gasteiger partial charge in [0.2, 0.25) is 11.8 Å². The van der Waals surface area contributed by atoms with Crippen molar-refractivity contribution in [3.63, 3.8) is 0 Å². The van der Waals surface area contributed by atoms with Gasteiger partial charge in [0.05, 0.1) is 10.6 Å². The number of carbonyl (C=O) groups is 2. The number of hydrogen-bond donors (Lipinski definition) is 1. The van der Waals surface area contributed by atoms with E-state index >= 15 is 0 Å². The number of benzene rings is 4. The van der Waals surface area contributed by atoms with Crippen LogP contribution >= 0.6 is 15.9 Å². The number of halogens is 1. The number of carbonyl (C=O) groups excluding carboxylic acids is 2. The van der Waals surface area contributed by atoms with Crippen molar-refractivity contribution in [2.24, 2.45) is 0 Å². The molecule has 1 atom stereocenters. The molecule has 4 aromatic carbocycles. The van der Waals surface area contributed by atoms with Crippen LogP contribution in [0.2, 0.25) is 0 Å². The average molecular weight is 705 g/mol. The minimum absolute atomic E-state index is 0.0802. The number of hydrogen-bond acceptors (Lipinski definition) is 4. The van der Waals surface area contributed by atoms with Gasteiger partial charge in [-0.2, -0.15) is 0 Å². The average Bonchev–Trinajstić information content (AvgIpc) is 2.99. The molecule has 7 nitrogen and oxygen atoms in total. The van der Waals surface area contributed by atoms with Gasteiger partial charge in [0, 0.05) is 23.0 Å². The summed E-state index contributed by atoms with van der Waals surface area (Å²) in [6.07, 6.45) is 0.247. The molecule has 0 radical (unpaired) electrons. The van der Waals surface area contributed by atoms with E-state index in [0.717, 1.165) is 32.3 Å². The van der Waals surface area contributed by atoms with Crippen molar-refractivity contribution in [3.05, 3.63) is 129 Å². The van der Waals surface area contributed by atoms with Crippen LogP contribution in [0.3, 0.4) is 0 Å². The molecule has 0 aliphatic rings. The molecule has 4 aromatic rings. The Hall–Kier alpha value is -3.95. The van der Waals surface area contributed by atoms with Crippen molar-refractivity contribution >= 4 is 43.5 Å². The molecule has 0 saturated carbocycles. The highest BCUT2D eigenvalue weighted by Gasteiger charge is 2.36. The maximum Gasteiger partial charge on any atom is 0.264 e. The zero-order valence-corrected chi connectivity index (χ0v) is 29.7. The summed E-state index contributed by atoms with van der Waals surface area (Å²) in [5.74, 6) is -0.819. The summed E-state index contributed by atoms with van der Waals surface area (Å²) < 4.78 is 30.6. The topological polar surface area (TPSA) is 86.8 Å². The van der Waals surface area contributed by atoms with Crippen LogP contribution in [0, 0.1) is 20.8 Å². The maximum absolute atomic E-state index is 14.7. The predicted molar refractivity (Wildman–Crippen MR) is 188 cm³/mol. The van der Waals surface area contributed by atoms with Gasteiger partial charge in [0.25, 0.3) is 10.0 Å². The zero-order chi connectivity index (χ0) is 33.6. The molecule has 242 valence electrons. The highest BCUT2D eigenvalue weighted by atomic mass is 79.9. The first-order valence-corrected chi connectivity index (χ1v) is 17.4. The van der Waals surface area contributed by atoms with Gasteiger partial charge in [-0.25, -0.2) is 8.42 Å². The largest absolute Gasteiger partial charge is 0.350 e. The summed E-state index contributed by atoms with van der Waals surface area (Å²) in [6, 6.07) is 28.1. The number of aryl methyl sites for hydroxylation is 2. The van der Waals surface area contributed by atoms with Gasteiger partial charge in [0.15, 0.2) is 0 Å². The van der Waals surface area contributed by atoms with Crippen LogP contribution in [-0.4, -0.2) is 43.3 Å². The van der Waals surface area contributed by atoms with Gasteiger partial charge in [-0.3, -0.25) is 13.9 Å². The predicted octanol–water partition coefficient (Wildman–Crippen LogP) is 7.12. The molecule has 0 bridgehead atoms. The van der Waals surface area contributed by atoms with Gasteiger partial charge < -0.3 is 10.2 Å². The molecule has 0 heterocycles. The summed E-state index contributed by atoms with van der Waals surface area (Å²) in [7, 11) is -4.17. The lowest BCUT2D eigenvalue weighted by Gasteiger charge is -2.35. The van der Waals surface area contributed by atoms with E-state index in [1.807, 2.05) is 102 Å². The third kappa shape index (κ3) is 8.85. The van der Waals surface area contributed by atoms with Crippen molar-refractivity contribution in [2.45, 2.75) is 71.0 Å². The fraction of sp³-hybridized carbons (Fsp3) is 0.297. The second kappa shape index (κ2) is 14.6. The van der Waals surface area contributed by atoms with Gasteiger partial charge in [-0.05, 0) is 94.1 Å². The monoisotopic (exact) mass is 703 g/mol. The second-order valence-corrected chi connectivity index (χ2v) is 15.4. The number of nitrogens with zero attached hydrogens (tertiary/aromatic N) is 2. The van der Waals surface area contributed by atoms with Crippen LogP contribution in [0.4, 0.5) is 5.69 Å². The smallest absolute Gasteiger partial charge is 0.264 e. The summed E-state index contributed by atoms with van der Waals surface area (Å²) in [4.78, 5) is 30.3. The van der Waals surface area contributed by atoms with Crippen LogP contribution in [0.1, 0.15) is 48.6 Å². The van der Waals surface area contributed by atoms with Gasteiger partial charge >= 0.3 is 0 Å². The number of nitrogens with one attached hydrogen (secondary N) is 1. The van der Waals surface area contributed by atoms with Gasteiger partial charge in [-0.15, -0.1) is 0 Å². The number of anilines is 1. The van der Waals surface area contributed by atoms with Crippen molar-refractivity contribution in [2.75, 3.05) is 10.8 Å². The van der Waals surface area contributed by atoms with E-state index in [1.54, 1.807) is 36.4 Å². The van der Waals surface area contributed by atoms with E-state index in [1.165, 1.54) is 9.21 Å². The zero-order valence-electron chi connectivity index (χ0n) is 27.2. The lowest BCUT2D eigenvalue weighted by atomic mass is 10.0. The maximum atomic E-state index is 14.7. The molecule has 0 aliphatic carbocycles. The highest BCUT2D eigenvalue weighted by Crippen LogP contribution is 2.30. The number of amides is 2. The molecule has 0 aromatic heterocycles. The molecule has 0 fully saturated rings. The Morgan fingerprint density at radius 1 is 0.826 bits per heavy atom. The van der Waals surface area contributed by atoms with Crippen LogP contribution in [0.25, 0.3) is 0 Å². The third-order valence-corrected chi connectivity index (χ3v) is 10.0. The van der Waals surface area contributed by atoms with E-state index in [4.69, 9.17) is 0 Å². The third-order valence-electron chi connectivity index (χ3n) is 7.74. The Morgan fingerprint density at radius 3 is 2.09 bits per heavy atom. The molecule has 1 unspecified atom stereocenters. The number of sulfonamides is 1. The van der Waals surface area contributed by atoms with E-state index in [2.05, 4.69) is 21.2 Å². The van der Waals surface area contributed by atoms with Crippen molar-refractivity contribution in [3.8, 4) is 0 Å². The molecular weight excluding hydrogens is 662 g/mol. The first-order chi connectivity index (χ1) is 21.7. The van der Waals surface area contributed by atoms with Crippen LogP contribution < -0.4 is 9.62 Å². The summed E-state index contributed by atoms with van der Waals surface area (Å²) in [5.41, 5.74) is 4.08. The molecule has 0 saturated heterocycles. The van der Waals surface area contributed by atoms with E-state index in [9.17, 15) is 18.0 Å². The summed E-state index contributed by atoms with van der Waals surface area (Å²) >= 11 is 3.52. The van der Waals surface area contributed by atoms with Crippen molar-refractivity contribution in [1.29, 1.82) is 0 Å². The van der Waals surface area contributed by atoms with Crippen LogP contribution in [0.5, 0.6) is 0 Å². The number of rotatable bonds is 11. The molecule has 1 N–H and O–H groups in total.